The predicted molar refractivity (Wildman–Crippen MR) is 112 cm³/mol. The van der Waals surface area contributed by atoms with Crippen molar-refractivity contribution < 1.29 is 19.2 Å². The van der Waals surface area contributed by atoms with E-state index in [0.29, 0.717) is 23.7 Å². The first-order valence-electron chi connectivity index (χ1n) is 9.30. The lowest BCUT2D eigenvalue weighted by Crippen LogP contribution is -2.00. The van der Waals surface area contributed by atoms with Gasteiger partial charge in [-0.1, -0.05) is 12.1 Å². The molecule has 0 aliphatic rings. The van der Waals surface area contributed by atoms with Crippen LogP contribution in [0.3, 0.4) is 0 Å². The van der Waals surface area contributed by atoms with Gasteiger partial charge < -0.3 is 9.47 Å². The molecule has 3 rings (SSSR count). The maximum Gasteiger partial charge on any atom is 0.269 e. The first-order valence-corrected chi connectivity index (χ1v) is 9.30. The van der Waals surface area contributed by atoms with Gasteiger partial charge >= 0.3 is 0 Å². The maximum atomic E-state index is 12.2. The van der Waals surface area contributed by atoms with Crippen molar-refractivity contribution in [3.05, 3.63) is 87.7 Å². The van der Waals surface area contributed by atoms with Crippen molar-refractivity contribution in [1.29, 1.82) is 0 Å². The van der Waals surface area contributed by atoms with E-state index >= 15 is 0 Å². The van der Waals surface area contributed by atoms with Crippen molar-refractivity contribution >= 4 is 17.5 Å². The Labute approximate surface area is 173 Å². The Kier molecular flexibility index (Phi) is 6.59. The summed E-state index contributed by atoms with van der Waals surface area (Å²) >= 11 is 0. The van der Waals surface area contributed by atoms with Gasteiger partial charge in [0.25, 0.3) is 5.69 Å². The highest BCUT2D eigenvalue weighted by molar-refractivity contribution is 6.05. The number of hydrogen-bond donors (Lipinski definition) is 0. The molecule has 0 saturated heterocycles. The number of nitro groups is 1. The van der Waals surface area contributed by atoms with Crippen LogP contribution >= 0.6 is 0 Å². The van der Waals surface area contributed by atoms with Crippen LogP contribution in [0.1, 0.15) is 28.5 Å². The van der Waals surface area contributed by atoms with Crippen LogP contribution in [-0.4, -0.2) is 27.6 Å². The number of benzene rings is 2. The first-order chi connectivity index (χ1) is 14.5. The molecule has 0 bridgehead atoms. The third-order valence-corrected chi connectivity index (χ3v) is 4.37. The number of aromatic nitrogens is 2. The first kappa shape index (κ1) is 20.8. The van der Waals surface area contributed by atoms with E-state index in [4.69, 9.17) is 9.47 Å². The summed E-state index contributed by atoms with van der Waals surface area (Å²) in [6, 6.07) is 13.2. The van der Waals surface area contributed by atoms with Crippen LogP contribution in [-0.2, 0) is 13.2 Å². The monoisotopic (exact) mass is 407 g/mol. The minimum atomic E-state index is -0.444. The predicted octanol–water partition coefficient (Wildman–Crippen LogP) is 4.29. The average Bonchev–Trinajstić information content (AvgIpc) is 3.26. The molecular formula is C22H21N3O5. The van der Waals surface area contributed by atoms with Crippen LogP contribution < -0.4 is 9.47 Å². The van der Waals surface area contributed by atoms with Crippen molar-refractivity contribution in [1.82, 2.24) is 9.78 Å². The molecule has 0 fully saturated rings. The molecule has 8 heteroatoms. The highest BCUT2D eigenvalue weighted by Crippen LogP contribution is 2.29. The van der Waals surface area contributed by atoms with E-state index in [1.807, 2.05) is 13.0 Å². The molecule has 0 saturated carbocycles. The molecule has 0 aliphatic heterocycles. The Morgan fingerprint density at radius 1 is 1.17 bits per heavy atom. The van der Waals surface area contributed by atoms with E-state index in [2.05, 4.69) is 5.10 Å². The van der Waals surface area contributed by atoms with Gasteiger partial charge in [0.15, 0.2) is 11.5 Å². The summed E-state index contributed by atoms with van der Waals surface area (Å²) in [5, 5.41) is 14.9. The molecule has 2 aromatic carbocycles. The Bertz CT molecular complexity index is 1070. The number of rotatable bonds is 9. The number of hydrogen-bond acceptors (Lipinski definition) is 6. The summed E-state index contributed by atoms with van der Waals surface area (Å²) in [5.41, 5.74) is 1.99. The molecule has 0 amide bonds. The zero-order valence-electron chi connectivity index (χ0n) is 16.6. The second-order valence-corrected chi connectivity index (χ2v) is 6.38. The van der Waals surface area contributed by atoms with Crippen molar-refractivity contribution in [3.8, 4) is 11.5 Å². The Balaban J connectivity index is 1.66. The van der Waals surface area contributed by atoms with Crippen LogP contribution in [0, 0.1) is 10.1 Å². The van der Waals surface area contributed by atoms with Gasteiger partial charge in [-0.3, -0.25) is 19.6 Å². The Morgan fingerprint density at radius 2 is 1.93 bits per heavy atom. The van der Waals surface area contributed by atoms with E-state index in [9.17, 15) is 14.9 Å². The molecular weight excluding hydrogens is 386 g/mol. The average molecular weight is 407 g/mol. The largest absolute Gasteiger partial charge is 0.493 e. The molecule has 0 N–H and O–H groups in total. The summed E-state index contributed by atoms with van der Waals surface area (Å²) in [4.78, 5) is 22.5. The van der Waals surface area contributed by atoms with Gasteiger partial charge in [-0.15, -0.1) is 0 Å². The number of carbonyl (C=O) groups excluding carboxylic acids is 1. The number of nitrogens with zero attached hydrogens (tertiary/aromatic N) is 3. The minimum Gasteiger partial charge on any atom is -0.493 e. The quantitative estimate of drug-likeness (QED) is 0.227. The Morgan fingerprint density at radius 3 is 2.57 bits per heavy atom. The molecule has 1 heterocycles. The zero-order valence-corrected chi connectivity index (χ0v) is 16.6. The third-order valence-electron chi connectivity index (χ3n) is 4.37. The summed E-state index contributed by atoms with van der Waals surface area (Å²) in [6.07, 6.45) is 4.92. The van der Waals surface area contributed by atoms with E-state index in [-0.39, 0.29) is 18.1 Å². The highest BCUT2D eigenvalue weighted by Gasteiger charge is 2.09. The fraction of sp³-hybridized carbons (Fsp3) is 0.182. The number of nitro benzene ring substituents is 1. The second-order valence-electron chi connectivity index (χ2n) is 6.38. The number of non-ortho nitro benzene ring substituents is 1. The highest BCUT2D eigenvalue weighted by atomic mass is 16.6. The van der Waals surface area contributed by atoms with Gasteiger partial charge in [0.2, 0.25) is 5.78 Å². The van der Waals surface area contributed by atoms with Crippen molar-refractivity contribution in [3.63, 3.8) is 0 Å². The van der Waals surface area contributed by atoms with Gasteiger partial charge in [-0.05, 0) is 54.5 Å². The number of ketones is 1. The van der Waals surface area contributed by atoms with Crippen molar-refractivity contribution in [2.24, 2.45) is 0 Å². The number of aryl methyl sites for hydroxylation is 1. The standard InChI is InChI=1S/C22H21N3O5/c1-3-24-13-12-19(23-24)20(26)10-6-16-7-11-21(22(14-16)29-2)30-15-17-4-8-18(9-5-17)25(27)28/h4-14H,3,15H2,1-2H3/b10-6+. The second kappa shape index (κ2) is 9.51. The van der Waals surface area contributed by atoms with Crippen molar-refractivity contribution in [2.45, 2.75) is 20.1 Å². The van der Waals surface area contributed by atoms with Gasteiger partial charge in [-0.25, -0.2) is 0 Å². The van der Waals surface area contributed by atoms with Gasteiger partial charge in [0.1, 0.15) is 12.3 Å². The van der Waals surface area contributed by atoms with Crippen LogP contribution in [0.15, 0.2) is 60.8 Å². The molecule has 0 atom stereocenters. The molecule has 30 heavy (non-hydrogen) atoms. The summed E-state index contributed by atoms with van der Waals surface area (Å²) < 4.78 is 12.9. The van der Waals surface area contributed by atoms with E-state index in [1.54, 1.807) is 47.3 Å². The summed E-state index contributed by atoms with van der Waals surface area (Å²) in [6.45, 7) is 2.90. The minimum absolute atomic E-state index is 0.0310. The van der Waals surface area contributed by atoms with E-state index in [1.165, 1.54) is 25.3 Å². The summed E-state index contributed by atoms with van der Waals surface area (Å²) in [5.74, 6) is 0.863. The lowest BCUT2D eigenvalue weighted by Gasteiger charge is -2.11. The van der Waals surface area contributed by atoms with Gasteiger partial charge in [0.05, 0.1) is 12.0 Å². The van der Waals surface area contributed by atoms with Gasteiger partial charge in [0, 0.05) is 24.9 Å². The smallest absolute Gasteiger partial charge is 0.269 e. The number of ether oxygens (including phenoxy) is 2. The number of allylic oxidation sites excluding steroid dienone is 1. The normalized spacial score (nSPS) is 10.9. The van der Waals surface area contributed by atoms with Crippen LogP contribution in [0.2, 0.25) is 0 Å². The lowest BCUT2D eigenvalue weighted by molar-refractivity contribution is -0.384. The topological polar surface area (TPSA) is 96.5 Å². The molecule has 3 aromatic rings. The zero-order chi connectivity index (χ0) is 21.5. The maximum absolute atomic E-state index is 12.2. The molecule has 0 aliphatic carbocycles. The molecule has 8 nitrogen and oxygen atoms in total. The van der Waals surface area contributed by atoms with E-state index in [0.717, 1.165) is 11.1 Å². The molecule has 0 unspecified atom stereocenters. The van der Waals surface area contributed by atoms with Crippen LogP contribution in [0.4, 0.5) is 5.69 Å². The Hall–Kier alpha value is -3.94. The van der Waals surface area contributed by atoms with Crippen LogP contribution in [0.5, 0.6) is 11.5 Å². The fourth-order valence-corrected chi connectivity index (χ4v) is 2.71. The van der Waals surface area contributed by atoms with E-state index < -0.39 is 4.92 Å². The molecule has 154 valence electrons. The fourth-order valence-electron chi connectivity index (χ4n) is 2.71. The molecule has 1 aromatic heterocycles. The third kappa shape index (κ3) is 5.11. The SMILES string of the molecule is CCn1ccc(C(=O)/C=C/c2ccc(OCc3ccc([N+](=O)[O-])cc3)c(OC)c2)n1. The molecule has 0 radical (unpaired) electrons. The van der Waals surface area contributed by atoms with Gasteiger partial charge in [-0.2, -0.15) is 5.10 Å². The molecule has 0 spiro atoms. The van der Waals surface area contributed by atoms with Crippen LogP contribution in [0.25, 0.3) is 6.08 Å². The summed E-state index contributed by atoms with van der Waals surface area (Å²) in [7, 11) is 1.53. The van der Waals surface area contributed by atoms with Crippen molar-refractivity contribution in [2.75, 3.05) is 7.11 Å². The number of methoxy groups -OCH3 is 1. The number of carbonyl (C=O) groups is 1. The lowest BCUT2D eigenvalue weighted by atomic mass is 10.1.